The van der Waals surface area contributed by atoms with Crippen LogP contribution in [0.1, 0.15) is 44.6 Å². The van der Waals surface area contributed by atoms with E-state index < -0.39 is 23.3 Å². The molecule has 0 aliphatic rings. The van der Waals surface area contributed by atoms with Gasteiger partial charge in [0.25, 0.3) is 0 Å². The van der Waals surface area contributed by atoms with E-state index in [0.717, 1.165) is 70.3 Å². The average Bonchev–Trinajstić information content (AvgIpc) is 2.00. The summed E-state index contributed by atoms with van der Waals surface area (Å²) in [6.45, 7) is 10.4. The molecule has 0 atom stereocenters. The van der Waals surface area contributed by atoms with E-state index in [4.69, 9.17) is 10.2 Å². The minimum atomic E-state index is -0.649. The molecule has 0 spiro atoms. The zero-order valence-corrected chi connectivity index (χ0v) is 62.9. The molecule has 0 aliphatic carbocycles. The Morgan fingerprint density at radius 2 is 0.868 bits per heavy atom. The van der Waals surface area contributed by atoms with Crippen molar-refractivity contribution in [3.8, 4) is 56.3 Å². The molecule has 0 fully saturated rings. The summed E-state index contributed by atoms with van der Waals surface area (Å²) >= 11 is 0. The van der Waals surface area contributed by atoms with Gasteiger partial charge < -0.3 is 33.0 Å². The van der Waals surface area contributed by atoms with Crippen LogP contribution in [0.15, 0.2) is 201 Å². The van der Waals surface area contributed by atoms with Crippen LogP contribution in [0.3, 0.4) is 0 Å². The van der Waals surface area contributed by atoms with Crippen molar-refractivity contribution in [1.29, 1.82) is 0 Å². The number of aryl methyl sites for hydroxylation is 4. The largest absolute Gasteiger partial charge is 0.512 e. The van der Waals surface area contributed by atoms with Gasteiger partial charge in [-0.1, -0.05) is 53.6 Å². The molecule has 489 valence electrons. The van der Waals surface area contributed by atoms with Gasteiger partial charge >= 0.3 is 0 Å². The number of hydrogen-bond donors (Lipinski definition) is 2. The van der Waals surface area contributed by atoms with Gasteiger partial charge in [0.15, 0.2) is 11.6 Å². The van der Waals surface area contributed by atoms with Crippen LogP contribution >= 0.6 is 0 Å². The molecule has 23 heteroatoms. The van der Waals surface area contributed by atoms with E-state index in [1.807, 2.05) is 135 Å². The molecule has 6 aromatic carbocycles. The molecule has 0 aliphatic heterocycles. The Hall–Kier alpha value is -7.24. The quantitative estimate of drug-likeness (QED) is 0.0619. The minimum Gasteiger partial charge on any atom is -0.512 e. The van der Waals surface area contributed by atoms with Crippen molar-refractivity contribution in [1.82, 2.24) is 47.8 Å². The van der Waals surface area contributed by atoms with E-state index in [2.05, 4.69) is 97.2 Å². The van der Waals surface area contributed by atoms with E-state index in [-0.39, 0.29) is 135 Å². The number of hydrogen-bond acceptors (Lipinski definition) is 9. The zero-order valence-electron chi connectivity index (χ0n) is 51.0. The number of carbonyl (C=O) groups is 2. The number of aromatic nitrogens is 10. The minimum absolute atomic E-state index is 0. The van der Waals surface area contributed by atoms with Crippen LogP contribution in [0.4, 0.5) is 17.6 Å². The molecule has 0 bridgehead atoms. The first kappa shape index (κ1) is 83.8. The monoisotopic (exact) mass is 2130 g/mol. The third kappa shape index (κ3) is 29.3. The molecular weight excluding hydrogens is 2060 g/mol. The summed E-state index contributed by atoms with van der Waals surface area (Å²) in [6.07, 6.45) is 16.6. The predicted molar refractivity (Wildman–Crippen MR) is 325 cm³/mol. The van der Waals surface area contributed by atoms with Crippen LogP contribution in [0.2, 0.25) is 0 Å². The van der Waals surface area contributed by atoms with Crippen molar-refractivity contribution in [2.75, 3.05) is 0 Å². The predicted octanol–water partition coefficient (Wildman–Crippen LogP) is 14.2. The number of allylic oxidation sites excluding steroid dienone is 4. The van der Waals surface area contributed by atoms with Gasteiger partial charge in [-0.2, -0.15) is 0 Å². The van der Waals surface area contributed by atoms with Crippen LogP contribution in [-0.2, 0) is 145 Å². The number of aliphatic hydroxyl groups excluding tert-OH is 2. The third-order valence-corrected chi connectivity index (χ3v) is 11.7. The summed E-state index contributed by atoms with van der Waals surface area (Å²) in [5.74, 6) is -2.69. The number of rotatable bonds is 9. The summed E-state index contributed by atoms with van der Waals surface area (Å²) in [6, 6.07) is 52.4. The standard InChI is InChI=1S/C16H13N2.C11H9F2N2.C11H11N2.C10H7F2N2.C10H9N2.2C5H8O2.5Ir/c1-3-7-14(8-4-1)11-18-12-16(17-13-18)15-9-5-2-6-10-15;1-7-11(14-6-15(7)2)9-4-3-8(12)5-10(9)13;1-9-11(12-8-13(9)2)10-6-4-3-5-7-10;1-14-5-10(13-6-14)8-3-2-7(11)4-9(8)12;1-12-7-10(11-8-12)9-5-3-2-4-6-9;2*1-4(6)3-5(2)7;;;;;/h1-9,12-13H,11H2;3,5-6H,1-2H3;3-6,8H,1-2H3;2,4-6H,1H3;2-5,7-8H,1H3;2*3,6H,1-2H3;;;;;/q5*-1;;;;;;;. The van der Waals surface area contributed by atoms with Crippen molar-refractivity contribution in [3.63, 3.8) is 0 Å². The Morgan fingerprint density at radius 1 is 0.473 bits per heavy atom. The van der Waals surface area contributed by atoms with Crippen molar-refractivity contribution < 1.29 is 138 Å². The molecule has 11 aromatic rings. The zero-order chi connectivity index (χ0) is 62.7. The molecule has 0 saturated carbocycles. The number of ketones is 2. The van der Waals surface area contributed by atoms with Crippen LogP contribution in [0.5, 0.6) is 0 Å². The van der Waals surface area contributed by atoms with E-state index in [9.17, 15) is 27.2 Å². The topological polar surface area (TPSA) is 164 Å². The maximum absolute atomic E-state index is 13.4. The van der Waals surface area contributed by atoms with Gasteiger partial charge in [0, 0.05) is 199 Å². The number of carbonyl (C=O) groups excluding carboxylic acids is 2. The molecule has 0 amide bonds. The second-order valence-electron chi connectivity index (χ2n) is 19.0. The van der Waals surface area contributed by atoms with Gasteiger partial charge in [-0.05, 0) is 77.1 Å². The van der Waals surface area contributed by atoms with Gasteiger partial charge in [0.1, 0.15) is 0 Å². The molecule has 5 heterocycles. The van der Waals surface area contributed by atoms with Gasteiger partial charge in [0.05, 0.1) is 43.2 Å². The van der Waals surface area contributed by atoms with Crippen LogP contribution in [-0.4, -0.2) is 69.5 Å². The number of benzene rings is 6. The Bertz CT molecular complexity index is 3920. The maximum Gasteiger partial charge on any atom is 0.155 e. The second-order valence-corrected chi connectivity index (χ2v) is 19.0. The van der Waals surface area contributed by atoms with Crippen molar-refractivity contribution in [3.05, 3.63) is 272 Å². The molecule has 11 rings (SSSR count). The fourth-order valence-electron chi connectivity index (χ4n) is 7.47. The Kier molecular flexibility index (Phi) is 40.0. The maximum atomic E-state index is 13.4. The van der Waals surface area contributed by atoms with Crippen molar-refractivity contribution >= 4 is 11.6 Å². The van der Waals surface area contributed by atoms with Gasteiger partial charge in [-0.3, -0.25) is 52.1 Å². The normalized spacial score (nSPS) is 10.0. The van der Waals surface area contributed by atoms with Crippen molar-refractivity contribution in [2.24, 2.45) is 28.2 Å². The van der Waals surface area contributed by atoms with Crippen molar-refractivity contribution in [2.45, 2.75) is 48.1 Å². The summed E-state index contributed by atoms with van der Waals surface area (Å²) in [4.78, 5) is 41.0. The van der Waals surface area contributed by atoms with E-state index in [1.54, 1.807) is 41.4 Å². The SMILES string of the molecule is CC(=O)C=C(C)O.CC(=O)C=C(C)O.Cc1c(-c2[c-]cc(F)cc2F)ncn1C.Cc1c(-c2[c-]cccc2)ncn1C.Cn1cnc(-c2[c-]cc(F)cc2F)c1.Cn1cnc(-c2[c-]cccc2)c1.[Ir].[Ir].[Ir].[Ir].[Ir].[c-]1ccccc1-c1cn(Cc2ccccc2)cn1. The van der Waals surface area contributed by atoms with E-state index >= 15 is 0 Å². The molecule has 5 radical (unpaired) electrons. The number of halogens is 4. The smallest absolute Gasteiger partial charge is 0.155 e. The van der Waals surface area contributed by atoms with Gasteiger partial charge in [-0.25, -0.2) is 0 Å². The Labute approximate surface area is 596 Å². The summed E-state index contributed by atoms with van der Waals surface area (Å²) in [5.41, 5.74) is 10.7. The average molecular weight is 2120 g/mol. The summed E-state index contributed by atoms with van der Waals surface area (Å²) in [5, 5.41) is 16.7. The first-order valence-corrected chi connectivity index (χ1v) is 26.5. The summed E-state index contributed by atoms with van der Waals surface area (Å²) < 4.78 is 61.4. The van der Waals surface area contributed by atoms with E-state index in [1.165, 1.54) is 51.1 Å². The third-order valence-electron chi connectivity index (χ3n) is 11.7. The van der Waals surface area contributed by atoms with Crippen LogP contribution < -0.4 is 0 Å². The molecule has 14 nitrogen and oxygen atoms in total. The molecule has 5 aromatic heterocycles. The first-order chi connectivity index (χ1) is 41.1. The number of imidazole rings is 5. The Balaban J connectivity index is 0.00000105. The van der Waals surface area contributed by atoms with Gasteiger partial charge in [0.2, 0.25) is 0 Å². The molecular formula is C68H65F4Ir5N10O4-5. The number of aliphatic hydroxyl groups is 2. The number of nitrogens with zero attached hydrogens (tertiary/aromatic N) is 10. The second kappa shape index (κ2) is 43.5. The molecule has 0 unspecified atom stereocenters. The fraction of sp³-hybridized carbons (Fsp3) is 0.162. The fourth-order valence-corrected chi connectivity index (χ4v) is 7.47. The Morgan fingerprint density at radius 3 is 1.23 bits per heavy atom. The van der Waals surface area contributed by atoms with Crippen LogP contribution in [0, 0.1) is 67.4 Å². The molecule has 0 saturated heterocycles. The van der Waals surface area contributed by atoms with E-state index in [0.29, 0.717) is 11.4 Å². The van der Waals surface area contributed by atoms with Crippen LogP contribution in [0.25, 0.3) is 56.3 Å². The van der Waals surface area contributed by atoms with Gasteiger partial charge in [-0.15, -0.1) is 132 Å². The first-order valence-electron chi connectivity index (χ1n) is 26.5. The molecule has 91 heavy (non-hydrogen) atoms. The summed E-state index contributed by atoms with van der Waals surface area (Å²) in [7, 11) is 7.54. The molecule has 2 N–H and O–H groups in total.